The van der Waals surface area contributed by atoms with Crippen LogP contribution in [0.5, 0.6) is 0 Å². The van der Waals surface area contributed by atoms with Crippen LogP contribution in [0, 0.1) is 17.8 Å². The van der Waals surface area contributed by atoms with E-state index in [1.54, 1.807) is 0 Å². The minimum Gasteiger partial charge on any atom is -0.381 e. The first-order valence-electron chi connectivity index (χ1n) is 8.32. The van der Waals surface area contributed by atoms with E-state index in [1.807, 2.05) is 0 Å². The highest BCUT2D eigenvalue weighted by Crippen LogP contribution is 2.47. The molecule has 0 aromatic carbocycles. The molecule has 3 aliphatic rings. The van der Waals surface area contributed by atoms with E-state index in [9.17, 15) is 4.79 Å². The first-order valence-corrected chi connectivity index (χ1v) is 8.32. The Morgan fingerprint density at radius 3 is 2.35 bits per heavy atom. The Morgan fingerprint density at radius 1 is 1.22 bits per heavy atom. The Hall–Kier alpha value is -0.0700. The summed E-state index contributed by atoms with van der Waals surface area (Å²) in [4.78, 5) is 14.9. The summed E-state index contributed by atoms with van der Waals surface area (Å²) in [5.74, 6) is 1.33. The molecule has 0 aromatic rings. The van der Waals surface area contributed by atoms with Gasteiger partial charge in [0.25, 0.3) is 0 Å². The molecule has 23 heavy (non-hydrogen) atoms. The lowest BCUT2D eigenvalue weighted by molar-refractivity contribution is -0.128. The molecule has 3 fully saturated rings. The molecule has 3 rings (SSSR count). The van der Waals surface area contributed by atoms with Crippen molar-refractivity contribution >= 4 is 30.7 Å². The molecule has 1 heterocycles. The molecule has 136 valence electrons. The molecule has 2 aliphatic carbocycles. The third kappa shape index (κ3) is 3.96. The van der Waals surface area contributed by atoms with Gasteiger partial charge in [-0.25, -0.2) is 0 Å². The maximum absolute atomic E-state index is 12.6. The molecule has 2 bridgehead atoms. The zero-order chi connectivity index (χ0) is 15.0. The second-order valence-electron chi connectivity index (χ2n) is 7.39. The van der Waals surface area contributed by atoms with Crippen LogP contribution in [0.15, 0.2) is 0 Å². The Labute approximate surface area is 151 Å². The number of halogens is 2. The van der Waals surface area contributed by atoms with Crippen molar-refractivity contribution in [2.24, 2.45) is 23.5 Å². The summed E-state index contributed by atoms with van der Waals surface area (Å²) < 4.78 is 5.48. The summed E-state index contributed by atoms with van der Waals surface area (Å²) in [6.07, 6.45) is 5.51. The Morgan fingerprint density at radius 2 is 1.83 bits per heavy atom. The van der Waals surface area contributed by atoms with E-state index in [4.69, 9.17) is 10.5 Å². The number of nitrogens with one attached hydrogen (secondary N) is 1. The van der Waals surface area contributed by atoms with Crippen molar-refractivity contribution in [2.75, 3.05) is 33.9 Å². The van der Waals surface area contributed by atoms with Gasteiger partial charge in [0.2, 0.25) is 5.91 Å². The number of carbonyl (C=O) groups is 1. The number of hydrogen-bond acceptors (Lipinski definition) is 4. The maximum atomic E-state index is 12.6. The third-order valence-electron chi connectivity index (χ3n) is 6.25. The van der Waals surface area contributed by atoms with E-state index in [1.165, 1.54) is 12.8 Å². The van der Waals surface area contributed by atoms with Crippen molar-refractivity contribution < 1.29 is 9.53 Å². The first kappa shape index (κ1) is 21.0. The fourth-order valence-corrected chi connectivity index (χ4v) is 4.63. The number of ether oxygens (including phenoxy) is 1. The summed E-state index contributed by atoms with van der Waals surface area (Å²) in [6, 6.07) is 0.0775. The summed E-state index contributed by atoms with van der Waals surface area (Å²) in [5.41, 5.74) is 6.31. The molecular weight excluding hydrogens is 337 g/mol. The van der Waals surface area contributed by atoms with Crippen molar-refractivity contribution in [3.63, 3.8) is 0 Å². The van der Waals surface area contributed by atoms with E-state index in [2.05, 4.69) is 24.3 Å². The minimum atomic E-state index is 0. The van der Waals surface area contributed by atoms with E-state index in [0.717, 1.165) is 32.5 Å². The summed E-state index contributed by atoms with van der Waals surface area (Å²) in [6.45, 7) is 2.27. The number of likely N-dealkylation sites (N-methyl/N-ethyl adjacent to an activating group) is 1. The second-order valence-corrected chi connectivity index (χ2v) is 7.39. The predicted octanol–water partition coefficient (Wildman–Crippen LogP) is 1.43. The van der Waals surface area contributed by atoms with Crippen LogP contribution in [0.1, 0.15) is 32.1 Å². The molecule has 2 saturated carbocycles. The van der Waals surface area contributed by atoms with Gasteiger partial charge in [-0.05, 0) is 58.0 Å². The largest absolute Gasteiger partial charge is 0.381 e. The zero-order valence-corrected chi connectivity index (χ0v) is 15.8. The lowest BCUT2D eigenvalue weighted by atomic mass is 9.83. The van der Waals surface area contributed by atoms with Gasteiger partial charge >= 0.3 is 0 Å². The van der Waals surface area contributed by atoms with E-state index in [-0.39, 0.29) is 48.2 Å². The molecule has 5 nitrogen and oxygen atoms in total. The van der Waals surface area contributed by atoms with Crippen LogP contribution >= 0.6 is 24.8 Å². The van der Waals surface area contributed by atoms with Gasteiger partial charge in [0.05, 0.1) is 5.92 Å². The number of rotatable bonds is 4. The molecule has 4 atom stereocenters. The molecule has 0 aromatic heterocycles. The highest BCUT2D eigenvalue weighted by atomic mass is 35.5. The highest BCUT2D eigenvalue weighted by molar-refractivity contribution is 5.85. The Kier molecular flexibility index (Phi) is 7.61. The molecule has 3 N–H and O–H groups in total. The van der Waals surface area contributed by atoms with Crippen LogP contribution in [-0.2, 0) is 9.53 Å². The van der Waals surface area contributed by atoms with Gasteiger partial charge in [-0.3, -0.25) is 4.79 Å². The number of fused-ring (bicyclic) bond motifs is 2. The van der Waals surface area contributed by atoms with E-state index >= 15 is 0 Å². The molecule has 0 radical (unpaired) electrons. The van der Waals surface area contributed by atoms with Gasteiger partial charge < -0.3 is 20.7 Å². The van der Waals surface area contributed by atoms with Crippen LogP contribution in [-0.4, -0.2) is 56.2 Å². The van der Waals surface area contributed by atoms with Gasteiger partial charge in [0.15, 0.2) is 0 Å². The Balaban J connectivity index is 0.00000132. The van der Waals surface area contributed by atoms with E-state index < -0.39 is 0 Å². The van der Waals surface area contributed by atoms with Gasteiger partial charge in [-0.2, -0.15) is 0 Å². The summed E-state index contributed by atoms with van der Waals surface area (Å²) >= 11 is 0. The lowest BCUT2D eigenvalue weighted by Crippen LogP contribution is -2.57. The van der Waals surface area contributed by atoms with Crippen LogP contribution in [0.4, 0.5) is 0 Å². The summed E-state index contributed by atoms with van der Waals surface area (Å²) in [5, 5.41) is 3.22. The van der Waals surface area contributed by atoms with Crippen molar-refractivity contribution in [3.05, 3.63) is 0 Å². The quantitative estimate of drug-likeness (QED) is 0.788. The average Bonchev–Trinajstić information content (AvgIpc) is 3.06. The van der Waals surface area contributed by atoms with Crippen LogP contribution in [0.3, 0.4) is 0 Å². The fraction of sp³-hybridized carbons (Fsp3) is 0.938. The molecule has 1 saturated heterocycles. The number of amides is 1. The predicted molar refractivity (Wildman–Crippen MR) is 96.3 cm³/mol. The topological polar surface area (TPSA) is 67.6 Å². The number of nitrogens with two attached hydrogens (primary N) is 1. The molecular formula is C16H31Cl2N3O2. The van der Waals surface area contributed by atoms with Crippen molar-refractivity contribution in [2.45, 2.75) is 43.7 Å². The summed E-state index contributed by atoms with van der Waals surface area (Å²) in [7, 11) is 4.20. The number of hydrogen-bond donors (Lipinski definition) is 2. The van der Waals surface area contributed by atoms with Crippen LogP contribution in [0.25, 0.3) is 0 Å². The zero-order valence-electron chi connectivity index (χ0n) is 14.1. The van der Waals surface area contributed by atoms with Gasteiger partial charge in [0, 0.05) is 31.3 Å². The molecule has 0 spiro atoms. The molecule has 1 aliphatic heterocycles. The SMILES string of the molecule is CN(C)C1(CNC(=O)C2C3CCC(C3)C2N)CCOCC1.Cl.Cl. The minimum absolute atomic E-state index is 0. The maximum Gasteiger partial charge on any atom is 0.225 e. The number of nitrogens with zero attached hydrogens (tertiary/aromatic N) is 1. The first-order chi connectivity index (χ1) is 10.0. The average molecular weight is 368 g/mol. The van der Waals surface area contributed by atoms with Crippen LogP contribution < -0.4 is 11.1 Å². The normalized spacial score (nSPS) is 34.6. The highest BCUT2D eigenvalue weighted by Gasteiger charge is 2.49. The molecule has 7 heteroatoms. The van der Waals surface area contributed by atoms with E-state index in [0.29, 0.717) is 18.4 Å². The van der Waals surface area contributed by atoms with Gasteiger partial charge in [0.1, 0.15) is 0 Å². The fourth-order valence-electron chi connectivity index (χ4n) is 4.63. The monoisotopic (exact) mass is 367 g/mol. The lowest BCUT2D eigenvalue weighted by Gasteiger charge is -2.43. The smallest absolute Gasteiger partial charge is 0.225 e. The van der Waals surface area contributed by atoms with Crippen molar-refractivity contribution in [1.82, 2.24) is 10.2 Å². The Bertz CT molecular complexity index is 401. The molecule has 1 amide bonds. The third-order valence-corrected chi connectivity index (χ3v) is 6.25. The van der Waals surface area contributed by atoms with Gasteiger partial charge in [-0.1, -0.05) is 0 Å². The molecule has 4 unspecified atom stereocenters. The van der Waals surface area contributed by atoms with Crippen LogP contribution in [0.2, 0.25) is 0 Å². The van der Waals surface area contributed by atoms with Crippen molar-refractivity contribution in [1.29, 1.82) is 0 Å². The van der Waals surface area contributed by atoms with Crippen molar-refractivity contribution in [3.8, 4) is 0 Å². The number of carbonyl (C=O) groups excluding carboxylic acids is 1. The standard InChI is InChI=1S/C16H29N3O2.2ClH/c1-19(2)16(5-7-21-8-6-16)10-18-15(20)13-11-3-4-12(9-11)14(13)17;;/h11-14H,3-10,17H2,1-2H3,(H,18,20);2*1H. The van der Waals surface area contributed by atoms with Gasteiger partial charge in [-0.15, -0.1) is 24.8 Å². The second kappa shape index (κ2) is 8.34.